The van der Waals surface area contributed by atoms with E-state index in [4.69, 9.17) is 23.0 Å². The molecule has 0 radical (unpaired) electrons. The quantitative estimate of drug-likeness (QED) is 0.163. The summed E-state index contributed by atoms with van der Waals surface area (Å²) in [6.45, 7) is 17.9. The van der Waals surface area contributed by atoms with Crippen molar-refractivity contribution in [2.75, 3.05) is 0 Å². The number of amides is 1. The maximum atomic E-state index is 15.3. The minimum atomic E-state index is -1.09. The summed E-state index contributed by atoms with van der Waals surface area (Å²) in [6, 6.07) is 19.8. The van der Waals surface area contributed by atoms with Gasteiger partial charge in [-0.05, 0) is 122 Å². The van der Waals surface area contributed by atoms with E-state index >= 15 is 4.79 Å². The minimum absolute atomic E-state index is 0.0129. The number of ketones is 1. The first-order chi connectivity index (χ1) is 29.7. The van der Waals surface area contributed by atoms with Crippen LogP contribution in [0.15, 0.2) is 85.9 Å². The fourth-order valence-corrected chi connectivity index (χ4v) is 13.7. The average Bonchev–Trinajstić information content (AvgIpc) is 3.62. The zero-order chi connectivity index (χ0) is 45.3. The number of ether oxygens (including phenoxy) is 3. The van der Waals surface area contributed by atoms with Crippen molar-refractivity contribution in [3.8, 4) is 0 Å². The molecule has 5 aliphatic carbocycles. The molecule has 1 heterocycles. The van der Waals surface area contributed by atoms with Gasteiger partial charge in [-0.3, -0.25) is 14.4 Å². The third-order valence-electron chi connectivity index (χ3n) is 17.3. The molecule has 63 heavy (non-hydrogen) atoms. The highest BCUT2D eigenvalue weighted by molar-refractivity contribution is 5.96. The monoisotopic (exact) mass is 863 g/mol. The molecule has 5 aliphatic rings. The van der Waals surface area contributed by atoms with E-state index in [1.165, 1.54) is 12.5 Å². The summed E-state index contributed by atoms with van der Waals surface area (Å²) in [7, 11) is 0. The van der Waals surface area contributed by atoms with Gasteiger partial charge in [-0.2, -0.15) is 0 Å². The third kappa shape index (κ3) is 7.39. The van der Waals surface area contributed by atoms with Crippen LogP contribution in [-0.4, -0.2) is 35.5 Å². The van der Waals surface area contributed by atoms with E-state index in [-0.39, 0.29) is 58.6 Å². The Hall–Kier alpha value is -4.93. The molecule has 0 unspecified atom stereocenters. The molecular formula is C52H65NO10. The van der Waals surface area contributed by atoms with Crippen LogP contribution in [0, 0.1) is 44.8 Å². The number of rotatable bonds is 9. The topological polar surface area (TPSA) is 151 Å². The normalized spacial score (nSPS) is 35.9. The van der Waals surface area contributed by atoms with Gasteiger partial charge in [-0.1, -0.05) is 108 Å². The van der Waals surface area contributed by atoms with Crippen molar-refractivity contribution in [2.45, 2.75) is 150 Å². The second-order valence-electron chi connectivity index (χ2n) is 21.4. The lowest BCUT2D eigenvalue weighted by atomic mass is 9.34. The van der Waals surface area contributed by atoms with Crippen molar-refractivity contribution >= 4 is 23.8 Å². The standard InChI is InChI=1S/C52H65NO10/c1-31(2)41-38(61-46(58)63-41)30-59-45(57)53-52(9)39-20-23-51(8)43(49(39,6)22-21-40(52)60-32(3)54)37(55)28-35-36-29-48(5,25-24-47(36,4)26-27-50(35,51)7)44(56)62-42(33-16-12-10-13-17-33)34-18-14-11-15-19-34/h10-19,28,31,36,39-40,42-43H,20-27,29-30H2,1-9H3,(H,53,57)/t36-,39+,40-,43+,47+,48-,49-,50+,51+,52-/m0/s1. The van der Waals surface area contributed by atoms with Crippen LogP contribution in [0.2, 0.25) is 0 Å². The number of esters is 2. The SMILES string of the molecule is CC(=O)O[C@H]1CC[C@@]2(C)[C@@H](CC[C@]3(C)[C@@H]2C(=O)C=C2[C@@H]4C[C@@](C)(C(=O)OC(c5ccccc5)c5ccccc5)CC[C@]4(C)CC[C@]23C)[C@]1(C)NC(=O)OCc1oc(=O)oc1C(C)C. The third-order valence-corrected chi connectivity index (χ3v) is 17.3. The highest BCUT2D eigenvalue weighted by Crippen LogP contribution is 2.74. The molecule has 1 aromatic heterocycles. The first kappa shape index (κ1) is 44.7. The van der Waals surface area contributed by atoms with Crippen molar-refractivity contribution in [1.29, 1.82) is 0 Å². The minimum Gasteiger partial charge on any atom is -0.460 e. The number of fused-ring (bicyclic) bond motifs is 7. The van der Waals surface area contributed by atoms with E-state index in [9.17, 15) is 19.2 Å². The Morgan fingerprint density at radius 3 is 2.06 bits per heavy atom. The summed E-state index contributed by atoms with van der Waals surface area (Å²) in [6.07, 6.45) is 6.55. The summed E-state index contributed by atoms with van der Waals surface area (Å²) in [5, 5.41) is 3.13. The number of hydrogen-bond acceptors (Lipinski definition) is 10. The zero-order valence-corrected chi connectivity index (χ0v) is 38.5. The average molecular weight is 864 g/mol. The second-order valence-corrected chi connectivity index (χ2v) is 21.4. The number of nitrogens with one attached hydrogen (secondary N) is 1. The first-order valence-corrected chi connectivity index (χ1v) is 23.0. The van der Waals surface area contributed by atoms with Crippen LogP contribution in [0.5, 0.6) is 0 Å². The summed E-state index contributed by atoms with van der Waals surface area (Å²) in [5.41, 5.74) is -0.245. The van der Waals surface area contributed by atoms with Gasteiger partial charge in [0.1, 0.15) is 6.10 Å². The van der Waals surface area contributed by atoms with Crippen molar-refractivity contribution in [3.05, 3.63) is 106 Å². The molecule has 338 valence electrons. The Morgan fingerprint density at radius 2 is 1.44 bits per heavy atom. The molecule has 2 aromatic carbocycles. The number of hydrogen-bond donors (Lipinski definition) is 1. The van der Waals surface area contributed by atoms with Gasteiger partial charge in [-0.25, -0.2) is 9.59 Å². The molecule has 11 heteroatoms. The Labute approximate surface area is 371 Å². The van der Waals surface area contributed by atoms with E-state index in [0.717, 1.165) is 30.4 Å². The lowest BCUT2D eigenvalue weighted by Gasteiger charge is -2.70. The maximum Gasteiger partial charge on any atom is 0.519 e. The highest BCUT2D eigenvalue weighted by Gasteiger charge is 2.71. The molecule has 0 bridgehead atoms. The molecule has 11 nitrogen and oxygen atoms in total. The molecule has 1 N–H and O–H groups in total. The summed E-state index contributed by atoms with van der Waals surface area (Å²) in [4.78, 5) is 68.2. The second kappa shape index (κ2) is 15.9. The van der Waals surface area contributed by atoms with E-state index in [2.05, 4.69) is 39.9 Å². The number of carbonyl (C=O) groups is 4. The molecule has 0 aliphatic heterocycles. The van der Waals surface area contributed by atoms with Crippen LogP contribution in [0.3, 0.4) is 0 Å². The Morgan fingerprint density at radius 1 is 0.810 bits per heavy atom. The van der Waals surface area contributed by atoms with Crippen LogP contribution in [0.25, 0.3) is 0 Å². The van der Waals surface area contributed by atoms with Crippen LogP contribution >= 0.6 is 0 Å². The fraction of sp³-hybridized carbons (Fsp3) is 0.596. The zero-order valence-electron chi connectivity index (χ0n) is 38.5. The first-order valence-electron chi connectivity index (χ1n) is 23.0. The number of carbonyl (C=O) groups excluding carboxylic acids is 4. The molecule has 10 atom stereocenters. The van der Waals surface area contributed by atoms with Gasteiger partial charge in [-0.15, -0.1) is 0 Å². The van der Waals surface area contributed by atoms with Crippen molar-refractivity contribution in [2.24, 2.45) is 44.8 Å². The Kier molecular flexibility index (Phi) is 11.3. The van der Waals surface area contributed by atoms with Crippen LogP contribution < -0.4 is 11.1 Å². The summed E-state index contributed by atoms with van der Waals surface area (Å²) >= 11 is 0. The smallest absolute Gasteiger partial charge is 0.460 e. The molecule has 1 amide bonds. The van der Waals surface area contributed by atoms with Crippen LogP contribution in [-0.2, 0) is 35.2 Å². The molecule has 0 spiro atoms. The van der Waals surface area contributed by atoms with Crippen LogP contribution in [0.4, 0.5) is 4.79 Å². The highest BCUT2D eigenvalue weighted by atomic mass is 16.6. The van der Waals surface area contributed by atoms with E-state index in [1.54, 1.807) is 0 Å². The molecule has 8 rings (SSSR count). The predicted molar refractivity (Wildman–Crippen MR) is 235 cm³/mol. The molecule has 3 aromatic rings. The van der Waals surface area contributed by atoms with Crippen molar-refractivity contribution in [3.63, 3.8) is 0 Å². The summed E-state index contributed by atoms with van der Waals surface area (Å²) in [5.74, 6) is -1.76. The fourth-order valence-electron chi connectivity index (χ4n) is 13.7. The van der Waals surface area contributed by atoms with Gasteiger partial charge in [0, 0.05) is 18.8 Å². The van der Waals surface area contributed by atoms with Gasteiger partial charge < -0.3 is 28.4 Å². The molecule has 4 fully saturated rings. The van der Waals surface area contributed by atoms with Gasteiger partial charge in [0.15, 0.2) is 30.0 Å². The summed E-state index contributed by atoms with van der Waals surface area (Å²) < 4.78 is 28.6. The van der Waals surface area contributed by atoms with E-state index < -0.39 is 51.9 Å². The number of benzene rings is 2. The van der Waals surface area contributed by atoms with Crippen molar-refractivity contribution < 1.29 is 42.2 Å². The van der Waals surface area contributed by atoms with E-state index in [1.807, 2.05) is 87.5 Å². The van der Waals surface area contributed by atoms with Gasteiger partial charge in [0.05, 0.1) is 11.0 Å². The number of allylic oxidation sites excluding steroid dienone is 2. The van der Waals surface area contributed by atoms with Gasteiger partial charge in [0.2, 0.25) is 0 Å². The molecule has 0 saturated heterocycles. The molecular weight excluding hydrogens is 799 g/mol. The Bertz CT molecular complexity index is 2310. The van der Waals surface area contributed by atoms with Crippen LogP contribution in [0.1, 0.15) is 155 Å². The predicted octanol–water partition coefficient (Wildman–Crippen LogP) is 10.6. The molecule has 4 saturated carbocycles. The number of alkyl carbamates (subject to hydrolysis) is 1. The lowest BCUT2D eigenvalue weighted by molar-refractivity contribution is -0.200. The van der Waals surface area contributed by atoms with E-state index in [0.29, 0.717) is 44.3 Å². The Balaban J connectivity index is 1.09. The van der Waals surface area contributed by atoms with Gasteiger partial charge in [0.25, 0.3) is 0 Å². The lowest BCUT2D eigenvalue weighted by Crippen LogP contribution is -2.72. The van der Waals surface area contributed by atoms with Gasteiger partial charge >= 0.3 is 23.9 Å². The largest absolute Gasteiger partial charge is 0.519 e. The van der Waals surface area contributed by atoms with Crippen molar-refractivity contribution in [1.82, 2.24) is 5.32 Å². The maximum absolute atomic E-state index is 15.3.